The lowest BCUT2D eigenvalue weighted by Crippen LogP contribution is -2.38. The van der Waals surface area contributed by atoms with Gasteiger partial charge in [0.05, 0.1) is 11.3 Å². The first-order chi connectivity index (χ1) is 17.5. The highest BCUT2D eigenvalue weighted by atomic mass is 19.4. The summed E-state index contributed by atoms with van der Waals surface area (Å²) in [5.74, 6) is -1.69. The SMILES string of the molecule is CCn1nc(C(C)C)cc1C(=O)Nc1ccc(C2CCN(C(=O)c3cc(C)oc3C(F)(F)F)CC2)cc1. The Kier molecular flexibility index (Phi) is 7.47. The molecule has 0 bridgehead atoms. The van der Waals surface area contributed by atoms with Gasteiger partial charge >= 0.3 is 6.18 Å². The molecule has 37 heavy (non-hydrogen) atoms. The number of likely N-dealkylation sites (tertiary alicyclic amines) is 1. The van der Waals surface area contributed by atoms with E-state index in [1.165, 1.54) is 11.8 Å². The fraction of sp³-hybridized carbons (Fsp3) is 0.444. The number of nitrogens with one attached hydrogen (secondary N) is 1. The predicted molar refractivity (Wildman–Crippen MR) is 133 cm³/mol. The molecule has 198 valence electrons. The summed E-state index contributed by atoms with van der Waals surface area (Å²) in [5, 5.41) is 7.41. The first-order valence-corrected chi connectivity index (χ1v) is 12.4. The lowest BCUT2D eigenvalue weighted by Gasteiger charge is -2.32. The average Bonchev–Trinajstić information content (AvgIpc) is 3.48. The molecule has 0 saturated carbocycles. The molecule has 1 aliphatic rings. The van der Waals surface area contributed by atoms with Gasteiger partial charge in [-0.15, -0.1) is 0 Å². The van der Waals surface area contributed by atoms with E-state index in [0.717, 1.165) is 17.3 Å². The first-order valence-electron chi connectivity index (χ1n) is 12.4. The fourth-order valence-electron chi connectivity index (χ4n) is 4.65. The zero-order chi connectivity index (χ0) is 26.9. The molecular formula is C27H31F3N4O3. The highest BCUT2D eigenvalue weighted by molar-refractivity contribution is 6.03. The second kappa shape index (κ2) is 10.4. The van der Waals surface area contributed by atoms with Gasteiger partial charge < -0.3 is 14.6 Å². The smallest absolute Gasteiger partial charge is 0.450 e. The predicted octanol–water partition coefficient (Wildman–Crippen LogP) is 6.22. The average molecular weight is 517 g/mol. The van der Waals surface area contributed by atoms with E-state index in [9.17, 15) is 22.8 Å². The van der Waals surface area contributed by atoms with Gasteiger partial charge in [0, 0.05) is 25.3 Å². The Balaban J connectivity index is 1.37. The van der Waals surface area contributed by atoms with E-state index in [2.05, 4.69) is 10.4 Å². The molecule has 0 spiro atoms. The van der Waals surface area contributed by atoms with E-state index >= 15 is 0 Å². The number of hydrogen-bond donors (Lipinski definition) is 1. The Hall–Kier alpha value is -3.56. The van der Waals surface area contributed by atoms with Gasteiger partial charge in [-0.25, -0.2) is 0 Å². The molecule has 7 nitrogen and oxygen atoms in total. The number of furan rings is 1. The molecule has 4 rings (SSSR count). The van der Waals surface area contributed by atoms with E-state index < -0.39 is 23.4 Å². The standard InChI is InChI=1S/C27H31F3N4O3/c1-5-34-23(15-22(32-34)16(2)3)25(35)31-20-8-6-18(7-9-20)19-10-12-33(13-11-19)26(36)21-14-17(4)37-24(21)27(28,29)30/h6-9,14-16,19H,5,10-13H2,1-4H3,(H,31,35). The summed E-state index contributed by atoms with van der Waals surface area (Å²) in [7, 11) is 0. The molecule has 1 fully saturated rings. The number of rotatable bonds is 6. The van der Waals surface area contributed by atoms with Crippen LogP contribution >= 0.6 is 0 Å². The monoisotopic (exact) mass is 516 g/mol. The lowest BCUT2D eigenvalue weighted by atomic mass is 9.89. The van der Waals surface area contributed by atoms with Gasteiger partial charge in [0.1, 0.15) is 11.5 Å². The van der Waals surface area contributed by atoms with Crippen LogP contribution in [0.2, 0.25) is 0 Å². The maximum Gasteiger partial charge on any atom is 0.450 e. The van der Waals surface area contributed by atoms with Crippen LogP contribution in [0, 0.1) is 6.92 Å². The van der Waals surface area contributed by atoms with Crippen molar-refractivity contribution in [2.24, 2.45) is 0 Å². The van der Waals surface area contributed by atoms with Crippen LogP contribution in [0.25, 0.3) is 0 Å². The van der Waals surface area contributed by atoms with Gasteiger partial charge in [0.15, 0.2) is 0 Å². The molecule has 2 aromatic heterocycles. The van der Waals surface area contributed by atoms with Crippen molar-refractivity contribution in [3.63, 3.8) is 0 Å². The molecule has 3 heterocycles. The van der Waals surface area contributed by atoms with Crippen LogP contribution in [0.15, 0.2) is 40.8 Å². The number of anilines is 1. The Morgan fingerprint density at radius 1 is 1.14 bits per heavy atom. The number of nitrogens with zero attached hydrogens (tertiary/aromatic N) is 3. The third-order valence-corrected chi connectivity index (χ3v) is 6.69. The van der Waals surface area contributed by atoms with Gasteiger partial charge in [-0.3, -0.25) is 14.3 Å². The molecule has 0 unspecified atom stereocenters. The van der Waals surface area contributed by atoms with Crippen molar-refractivity contribution in [1.29, 1.82) is 0 Å². The lowest BCUT2D eigenvalue weighted by molar-refractivity contribution is -0.153. The quantitative estimate of drug-likeness (QED) is 0.422. The van der Waals surface area contributed by atoms with Crippen molar-refractivity contribution < 1.29 is 27.2 Å². The number of amides is 2. The topological polar surface area (TPSA) is 80.4 Å². The van der Waals surface area contributed by atoms with Crippen LogP contribution in [0.5, 0.6) is 0 Å². The van der Waals surface area contributed by atoms with Crippen LogP contribution in [0.3, 0.4) is 0 Å². The fourth-order valence-corrected chi connectivity index (χ4v) is 4.65. The largest absolute Gasteiger partial charge is 0.456 e. The molecular weight excluding hydrogens is 485 g/mol. The van der Waals surface area contributed by atoms with Crippen molar-refractivity contribution in [2.45, 2.75) is 65.1 Å². The molecule has 1 aliphatic heterocycles. The molecule has 0 aliphatic carbocycles. The zero-order valence-electron chi connectivity index (χ0n) is 21.4. The number of hydrogen-bond acceptors (Lipinski definition) is 4. The van der Waals surface area contributed by atoms with Gasteiger partial charge in [-0.05, 0) is 68.4 Å². The summed E-state index contributed by atoms with van der Waals surface area (Å²) < 4.78 is 46.2. The Morgan fingerprint density at radius 2 is 1.78 bits per heavy atom. The number of aromatic nitrogens is 2. The van der Waals surface area contributed by atoms with E-state index in [1.807, 2.05) is 51.1 Å². The molecule has 2 amide bonds. The number of carbonyl (C=O) groups is 2. The van der Waals surface area contributed by atoms with E-state index in [0.29, 0.717) is 43.9 Å². The maximum atomic E-state index is 13.3. The summed E-state index contributed by atoms with van der Waals surface area (Å²) >= 11 is 0. The first kappa shape index (κ1) is 26.5. The number of aryl methyl sites for hydroxylation is 2. The van der Waals surface area contributed by atoms with E-state index in [4.69, 9.17) is 4.42 Å². The molecule has 1 aromatic carbocycles. The highest BCUT2D eigenvalue weighted by Gasteiger charge is 2.41. The van der Waals surface area contributed by atoms with Crippen molar-refractivity contribution in [3.8, 4) is 0 Å². The molecule has 0 atom stereocenters. The summed E-state index contributed by atoms with van der Waals surface area (Å²) in [6.07, 6.45) is -3.46. The summed E-state index contributed by atoms with van der Waals surface area (Å²) in [4.78, 5) is 27.1. The van der Waals surface area contributed by atoms with Crippen molar-refractivity contribution in [2.75, 3.05) is 18.4 Å². The van der Waals surface area contributed by atoms with Gasteiger partial charge in [0.25, 0.3) is 11.8 Å². The molecule has 1 N–H and O–H groups in total. The molecule has 3 aromatic rings. The second-order valence-electron chi connectivity index (χ2n) is 9.67. The van der Waals surface area contributed by atoms with Gasteiger partial charge in [0.2, 0.25) is 5.76 Å². The van der Waals surface area contributed by atoms with Crippen LogP contribution in [-0.2, 0) is 12.7 Å². The molecule has 10 heteroatoms. The summed E-state index contributed by atoms with van der Waals surface area (Å²) in [6, 6.07) is 10.5. The minimum absolute atomic E-state index is 0.0530. The van der Waals surface area contributed by atoms with E-state index in [-0.39, 0.29) is 23.5 Å². The number of benzene rings is 1. The van der Waals surface area contributed by atoms with Crippen LogP contribution in [-0.4, -0.2) is 39.6 Å². The van der Waals surface area contributed by atoms with Crippen LogP contribution in [0.1, 0.15) is 89.1 Å². The van der Waals surface area contributed by atoms with E-state index in [1.54, 1.807) is 4.68 Å². The minimum atomic E-state index is -4.72. The Bertz CT molecular complexity index is 1270. The van der Waals surface area contributed by atoms with Gasteiger partial charge in [-0.2, -0.15) is 18.3 Å². The number of halogens is 3. The van der Waals surface area contributed by atoms with Crippen LogP contribution < -0.4 is 5.32 Å². The minimum Gasteiger partial charge on any atom is -0.456 e. The Morgan fingerprint density at radius 3 is 2.35 bits per heavy atom. The number of piperidine rings is 1. The summed E-state index contributed by atoms with van der Waals surface area (Å²) in [5.41, 5.74) is 2.65. The van der Waals surface area contributed by atoms with Crippen LogP contribution in [0.4, 0.5) is 18.9 Å². The summed E-state index contributed by atoms with van der Waals surface area (Å²) in [6.45, 7) is 8.68. The third-order valence-electron chi connectivity index (χ3n) is 6.69. The zero-order valence-corrected chi connectivity index (χ0v) is 21.4. The second-order valence-corrected chi connectivity index (χ2v) is 9.67. The van der Waals surface area contributed by atoms with Crippen molar-refractivity contribution in [3.05, 3.63) is 70.4 Å². The number of carbonyl (C=O) groups excluding carboxylic acids is 2. The number of alkyl halides is 3. The molecule has 0 radical (unpaired) electrons. The van der Waals surface area contributed by atoms with Crippen molar-refractivity contribution >= 4 is 17.5 Å². The van der Waals surface area contributed by atoms with Crippen molar-refractivity contribution in [1.82, 2.24) is 14.7 Å². The molecule has 1 saturated heterocycles. The third kappa shape index (κ3) is 5.73. The maximum absolute atomic E-state index is 13.3. The van der Waals surface area contributed by atoms with Gasteiger partial charge in [-0.1, -0.05) is 26.0 Å². The Labute approximate surface area is 213 Å². The highest BCUT2D eigenvalue weighted by Crippen LogP contribution is 2.36. The normalized spacial score (nSPS) is 14.9.